The average molecular weight is 304 g/mol. The molecule has 0 N–H and O–H groups in total. The number of halogens is 1. The van der Waals surface area contributed by atoms with Crippen molar-refractivity contribution in [2.24, 2.45) is 0 Å². The Hall–Kier alpha value is -1.61. The zero-order valence-electron chi connectivity index (χ0n) is 10.4. The highest BCUT2D eigenvalue weighted by atomic mass is 79.9. The Bertz CT molecular complexity index is 563. The predicted octanol–water partition coefficient (Wildman–Crippen LogP) is 4.03. The molecule has 18 heavy (non-hydrogen) atoms. The van der Waals surface area contributed by atoms with Gasteiger partial charge in [-0.25, -0.2) is 0 Å². The lowest BCUT2D eigenvalue weighted by atomic mass is 10.1. The summed E-state index contributed by atoms with van der Waals surface area (Å²) in [4.78, 5) is 13.9. The molecule has 0 aliphatic carbocycles. The first-order chi connectivity index (χ1) is 8.58. The average Bonchev–Trinajstić information content (AvgIpc) is 2.38. The van der Waals surface area contributed by atoms with Gasteiger partial charge in [-0.15, -0.1) is 0 Å². The maximum Gasteiger partial charge on any atom is 0.258 e. The van der Waals surface area contributed by atoms with Crippen LogP contribution in [0.1, 0.15) is 15.9 Å². The lowest BCUT2D eigenvalue weighted by Crippen LogP contribution is -2.26. The van der Waals surface area contributed by atoms with E-state index < -0.39 is 0 Å². The molecule has 0 saturated heterocycles. The van der Waals surface area contributed by atoms with Gasteiger partial charge in [0.25, 0.3) is 5.91 Å². The molecule has 0 atom stereocenters. The van der Waals surface area contributed by atoms with E-state index >= 15 is 0 Å². The molecule has 92 valence electrons. The van der Waals surface area contributed by atoms with Gasteiger partial charge >= 0.3 is 0 Å². The van der Waals surface area contributed by atoms with Gasteiger partial charge in [0.15, 0.2) is 0 Å². The van der Waals surface area contributed by atoms with Gasteiger partial charge < -0.3 is 4.90 Å². The van der Waals surface area contributed by atoms with E-state index in [-0.39, 0.29) is 5.91 Å². The van der Waals surface area contributed by atoms with Crippen molar-refractivity contribution in [2.45, 2.75) is 6.92 Å². The smallest absolute Gasteiger partial charge is 0.258 e. The van der Waals surface area contributed by atoms with Gasteiger partial charge in [-0.3, -0.25) is 4.79 Å². The highest BCUT2D eigenvalue weighted by molar-refractivity contribution is 9.10. The summed E-state index contributed by atoms with van der Waals surface area (Å²) in [6.45, 7) is 2.02. The number of benzene rings is 2. The Balaban J connectivity index is 2.26. The Morgan fingerprint density at radius 1 is 1.11 bits per heavy atom. The van der Waals surface area contributed by atoms with E-state index in [1.807, 2.05) is 55.5 Å². The number of anilines is 1. The van der Waals surface area contributed by atoms with E-state index in [2.05, 4.69) is 15.9 Å². The fraction of sp³-hybridized carbons (Fsp3) is 0.133. The largest absolute Gasteiger partial charge is 0.311 e. The minimum absolute atomic E-state index is 0.00639. The van der Waals surface area contributed by atoms with E-state index in [4.69, 9.17) is 0 Å². The van der Waals surface area contributed by atoms with Crippen molar-refractivity contribution in [1.29, 1.82) is 0 Å². The van der Waals surface area contributed by atoms with Crippen LogP contribution in [0.2, 0.25) is 0 Å². The summed E-state index contributed by atoms with van der Waals surface area (Å²) >= 11 is 3.36. The molecular formula is C15H14BrNO. The standard InChI is InChI=1S/C15H14BrNO/c1-11-4-3-5-14(10-11)17(2)15(18)12-6-8-13(16)9-7-12/h3-10H,1-2H3. The highest BCUT2D eigenvalue weighted by Gasteiger charge is 2.13. The number of carbonyl (C=O) groups is 1. The molecule has 2 aromatic carbocycles. The van der Waals surface area contributed by atoms with Crippen LogP contribution in [0.25, 0.3) is 0 Å². The zero-order chi connectivity index (χ0) is 13.1. The third-order valence-electron chi connectivity index (χ3n) is 2.78. The molecule has 2 aromatic rings. The number of nitrogens with zero attached hydrogens (tertiary/aromatic N) is 1. The third-order valence-corrected chi connectivity index (χ3v) is 3.31. The van der Waals surface area contributed by atoms with Crippen LogP contribution in [0.3, 0.4) is 0 Å². The van der Waals surface area contributed by atoms with Crippen molar-refractivity contribution in [3.63, 3.8) is 0 Å². The molecule has 3 heteroatoms. The lowest BCUT2D eigenvalue weighted by molar-refractivity contribution is 0.0993. The Morgan fingerprint density at radius 3 is 2.39 bits per heavy atom. The van der Waals surface area contributed by atoms with E-state index in [0.717, 1.165) is 15.7 Å². The molecule has 1 amide bonds. The number of carbonyl (C=O) groups excluding carboxylic acids is 1. The topological polar surface area (TPSA) is 20.3 Å². The molecular weight excluding hydrogens is 290 g/mol. The first kappa shape index (κ1) is 12.8. The fourth-order valence-electron chi connectivity index (χ4n) is 1.74. The van der Waals surface area contributed by atoms with Gasteiger partial charge in [-0.05, 0) is 48.9 Å². The second kappa shape index (κ2) is 5.36. The van der Waals surface area contributed by atoms with E-state index in [1.54, 1.807) is 11.9 Å². The van der Waals surface area contributed by atoms with Gasteiger partial charge in [0.05, 0.1) is 0 Å². The summed E-state index contributed by atoms with van der Waals surface area (Å²) in [6.07, 6.45) is 0. The van der Waals surface area contributed by atoms with Crippen LogP contribution in [0.5, 0.6) is 0 Å². The van der Waals surface area contributed by atoms with E-state index in [9.17, 15) is 4.79 Å². The van der Waals surface area contributed by atoms with Gasteiger partial charge in [-0.1, -0.05) is 28.1 Å². The summed E-state index contributed by atoms with van der Waals surface area (Å²) in [5, 5.41) is 0. The molecule has 0 saturated carbocycles. The summed E-state index contributed by atoms with van der Waals surface area (Å²) in [5.74, 6) is -0.00639. The van der Waals surface area contributed by atoms with Gasteiger partial charge in [0.1, 0.15) is 0 Å². The Morgan fingerprint density at radius 2 is 1.78 bits per heavy atom. The van der Waals surface area contributed by atoms with Crippen LogP contribution < -0.4 is 4.90 Å². The molecule has 0 unspecified atom stereocenters. The molecule has 0 spiro atoms. The van der Waals surface area contributed by atoms with Crippen LogP contribution in [-0.4, -0.2) is 13.0 Å². The number of aryl methyl sites for hydroxylation is 1. The van der Waals surface area contributed by atoms with Crippen LogP contribution in [0.4, 0.5) is 5.69 Å². The maximum atomic E-state index is 12.3. The van der Waals surface area contributed by atoms with Gasteiger partial charge in [0.2, 0.25) is 0 Å². The summed E-state index contributed by atoms with van der Waals surface area (Å²) < 4.78 is 0.970. The molecule has 0 aromatic heterocycles. The SMILES string of the molecule is Cc1cccc(N(C)C(=O)c2ccc(Br)cc2)c1. The maximum absolute atomic E-state index is 12.3. The fourth-order valence-corrected chi connectivity index (χ4v) is 2.00. The number of hydrogen-bond acceptors (Lipinski definition) is 1. The van der Waals surface area contributed by atoms with Crippen LogP contribution in [-0.2, 0) is 0 Å². The van der Waals surface area contributed by atoms with Crippen LogP contribution >= 0.6 is 15.9 Å². The first-order valence-electron chi connectivity index (χ1n) is 5.68. The van der Waals surface area contributed by atoms with Crippen molar-refractivity contribution in [3.05, 3.63) is 64.1 Å². The number of hydrogen-bond donors (Lipinski definition) is 0. The molecule has 0 bridgehead atoms. The number of rotatable bonds is 2. The Labute approximate surface area is 115 Å². The lowest BCUT2D eigenvalue weighted by Gasteiger charge is -2.17. The zero-order valence-corrected chi connectivity index (χ0v) is 11.9. The summed E-state index contributed by atoms with van der Waals surface area (Å²) in [7, 11) is 1.79. The minimum Gasteiger partial charge on any atom is -0.311 e. The van der Waals surface area contributed by atoms with Crippen molar-refractivity contribution in [3.8, 4) is 0 Å². The summed E-state index contributed by atoms with van der Waals surface area (Å²) in [6, 6.07) is 15.3. The molecule has 2 rings (SSSR count). The molecule has 0 aliphatic heterocycles. The predicted molar refractivity (Wildman–Crippen MR) is 78.1 cm³/mol. The van der Waals surface area contributed by atoms with E-state index in [1.165, 1.54) is 0 Å². The molecule has 0 aliphatic rings. The van der Waals surface area contributed by atoms with Crippen LogP contribution in [0.15, 0.2) is 53.0 Å². The monoisotopic (exact) mass is 303 g/mol. The Kier molecular flexibility index (Phi) is 3.82. The van der Waals surface area contributed by atoms with Gasteiger partial charge in [0, 0.05) is 22.8 Å². The second-order valence-corrected chi connectivity index (χ2v) is 5.13. The van der Waals surface area contributed by atoms with Crippen molar-refractivity contribution < 1.29 is 4.79 Å². The molecule has 2 nitrogen and oxygen atoms in total. The second-order valence-electron chi connectivity index (χ2n) is 4.21. The first-order valence-corrected chi connectivity index (χ1v) is 6.47. The molecule has 0 fully saturated rings. The van der Waals surface area contributed by atoms with Crippen LogP contribution in [0, 0.1) is 6.92 Å². The third kappa shape index (κ3) is 2.79. The minimum atomic E-state index is -0.00639. The van der Waals surface area contributed by atoms with Crippen molar-refractivity contribution in [2.75, 3.05) is 11.9 Å². The quantitative estimate of drug-likeness (QED) is 0.820. The van der Waals surface area contributed by atoms with Gasteiger partial charge in [-0.2, -0.15) is 0 Å². The van der Waals surface area contributed by atoms with Crippen molar-refractivity contribution >= 4 is 27.5 Å². The normalized spacial score (nSPS) is 10.2. The summed E-state index contributed by atoms with van der Waals surface area (Å²) in [5.41, 5.74) is 2.73. The van der Waals surface area contributed by atoms with Crippen molar-refractivity contribution in [1.82, 2.24) is 0 Å². The highest BCUT2D eigenvalue weighted by Crippen LogP contribution is 2.18. The molecule has 0 heterocycles. The number of amides is 1. The van der Waals surface area contributed by atoms with E-state index in [0.29, 0.717) is 5.56 Å². The molecule has 0 radical (unpaired) electrons.